The van der Waals surface area contributed by atoms with Crippen molar-refractivity contribution in [2.45, 2.75) is 44.9 Å². The van der Waals surface area contributed by atoms with Crippen LogP contribution in [0.2, 0.25) is 0 Å². The van der Waals surface area contributed by atoms with E-state index in [-0.39, 0.29) is 10.6 Å². The molecule has 26 heavy (non-hydrogen) atoms. The van der Waals surface area contributed by atoms with Crippen LogP contribution in [0.15, 0.2) is 23.1 Å². The highest BCUT2D eigenvalue weighted by molar-refractivity contribution is 7.92. The van der Waals surface area contributed by atoms with E-state index in [9.17, 15) is 16.8 Å². The number of nitrogens with zero attached hydrogens (tertiary/aromatic N) is 2. The first-order chi connectivity index (χ1) is 12.1. The number of piperidine rings is 1. The van der Waals surface area contributed by atoms with Crippen molar-refractivity contribution < 1.29 is 16.8 Å². The Morgan fingerprint density at radius 1 is 1.08 bits per heavy atom. The predicted molar refractivity (Wildman–Crippen MR) is 103 cm³/mol. The largest absolute Gasteiger partial charge is 0.270 e. The summed E-state index contributed by atoms with van der Waals surface area (Å²) in [6.07, 6.45) is 2.54. The van der Waals surface area contributed by atoms with Gasteiger partial charge in [-0.2, -0.15) is 4.31 Å². The molecule has 2 fully saturated rings. The van der Waals surface area contributed by atoms with E-state index in [0.29, 0.717) is 49.1 Å². The number of sulfonamides is 2. The molecule has 3 rings (SSSR count). The number of hydrogen-bond donors (Lipinski definition) is 0. The molecule has 1 aromatic carbocycles. The van der Waals surface area contributed by atoms with Crippen LogP contribution in [-0.2, 0) is 20.0 Å². The Morgan fingerprint density at radius 2 is 1.73 bits per heavy atom. The van der Waals surface area contributed by atoms with Crippen LogP contribution in [0.5, 0.6) is 0 Å². The molecule has 0 bridgehead atoms. The van der Waals surface area contributed by atoms with E-state index in [4.69, 9.17) is 0 Å². The van der Waals surface area contributed by atoms with Gasteiger partial charge in [-0.05, 0) is 61.8 Å². The van der Waals surface area contributed by atoms with Gasteiger partial charge in [0.2, 0.25) is 20.0 Å². The molecule has 2 aliphatic heterocycles. The monoisotopic (exact) mass is 400 g/mol. The van der Waals surface area contributed by atoms with E-state index in [1.807, 2.05) is 0 Å². The minimum absolute atomic E-state index is 0.148. The van der Waals surface area contributed by atoms with Gasteiger partial charge >= 0.3 is 0 Å². The van der Waals surface area contributed by atoms with E-state index in [0.717, 1.165) is 12.8 Å². The van der Waals surface area contributed by atoms with Crippen molar-refractivity contribution in [2.24, 2.45) is 11.8 Å². The number of aryl methyl sites for hydroxylation is 1. The van der Waals surface area contributed by atoms with E-state index < -0.39 is 20.0 Å². The van der Waals surface area contributed by atoms with Crippen LogP contribution in [-0.4, -0.2) is 46.5 Å². The fraction of sp³-hybridized carbons (Fsp3) is 0.667. The summed E-state index contributed by atoms with van der Waals surface area (Å²) in [6, 6.07) is 4.88. The topological polar surface area (TPSA) is 74.8 Å². The molecule has 146 valence electrons. The van der Waals surface area contributed by atoms with Gasteiger partial charge in [-0.15, -0.1) is 0 Å². The summed E-state index contributed by atoms with van der Waals surface area (Å²) >= 11 is 0. The van der Waals surface area contributed by atoms with Gasteiger partial charge < -0.3 is 0 Å². The number of hydrogen-bond acceptors (Lipinski definition) is 4. The number of rotatable bonds is 3. The van der Waals surface area contributed by atoms with Crippen LogP contribution in [0.3, 0.4) is 0 Å². The molecule has 0 saturated carbocycles. The second-order valence-corrected chi connectivity index (χ2v) is 11.7. The minimum atomic E-state index is -3.57. The summed E-state index contributed by atoms with van der Waals surface area (Å²) < 4.78 is 53.8. The summed E-state index contributed by atoms with van der Waals surface area (Å²) in [7, 11) is -6.87. The third-order valence-corrected chi connectivity index (χ3v) is 9.11. The van der Waals surface area contributed by atoms with Crippen molar-refractivity contribution in [3.63, 3.8) is 0 Å². The zero-order valence-corrected chi connectivity index (χ0v) is 17.3. The SMILES string of the molecule is Cc1cc(N2CCCCS2(=O)=O)ccc1S(=O)(=O)N1C[C@H](C)C[C@H](C)C1. The van der Waals surface area contributed by atoms with Gasteiger partial charge in [0, 0.05) is 19.6 Å². The predicted octanol–water partition coefficient (Wildman–Crippen LogP) is 2.59. The first-order valence-electron chi connectivity index (χ1n) is 9.22. The number of anilines is 1. The normalized spacial score (nSPS) is 27.4. The highest BCUT2D eigenvalue weighted by Gasteiger charge is 2.33. The van der Waals surface area contributed by atoms with Crippen molar-refractivity contribution in [1.82, 2.24) is 4.31 Å². The molecule has 0 unspecified atom stereocenters. The van der Waals surface area contributed by atoms with Crippen molar-refractivity contribution in [2.75, 3.05) is 29.7 Å². The molecule has 0 aliphatic carbocycles. The molecule has 8 heteroatoms. The molecule has 2 saturated heterocycles. The van der Waals surface area contributed by atoms with Crippen LogP contribution >= 0.6 is 0 Å². The lowest BCUT2D eigenvalue weighted by atomic mass is 9.94. The van der Waals surface area contributed by atoms with E-state index >= 15 is 0 Å². The maximum absolute atomic E-state index is 13.1. The van der Waals surface area contributed by atoms with Crippen molar-refractivity contribution >= 4 is 25.7 Å². The van der Waals surface area contributed by atoms with Crippen LogP contribution < -0.4 is 4.31 Å². The first kappa shape index (κ1) is 19.6. The van der Waals surface area contributed by atoms with Gasteiger partial charge in [0.05, 0.1) is 16.3 Å². The van der Waals surface area contributed by atoms with Gasteiger partial charge in [0.1, 0.15) is 0 Å². The van der Waals surface area contributed by atoms with Gasteiger partial charge in [0.15, 0.2) is 0 Å². The molecule has 6 nitrogen and oxygen atoms in total. The molecule has 2 heterocycles. The fourth-order valence-electron chi connectivity index (χ4n) is 4.10. The molecule has 0 radical (unpaired) electrons. The summed E-state index contributed by atoms with van der Waals surface area (Å²) in [5.74, 6) is 0.827. The van der Waals surface area contributed by atoms with Gasteiger partial charge in [-0.1, -0.05) is 13.8 Å². The van der Waals surface area contributed by atoms with Crippen LogP contribution in [0, 0.1) is 18.8 Å². The summed E-state index contributed by atoms with van der Waals surface area (Å²) in [5.41, 5.74) is 1.15. The molecule has 2 atom stereocenters. The van der Waals surface area contributed by atoms with Crippen molar-refractivity contribution in [3.8, 4) is 0 Å². The van der Waals surface area contributed by atoms with Crippen LogP contribution in [0.25, 0.3) is 0 Å². The van der Waals surface area contributed by atoms with Gasteiger partial charge in [-0.3, -0.25) is 4.31 Å². The maximum Gasteiger partial charge on any atom is 0.243 e. The Balaban J connectivity index is 1.92. The van der Waals surface area contributed by atoms with E-state index in [1.165, 1.54) is 4.31 Å². The minimum Gasteiger partial charge on any atom is -0.270 e. The lowest BCUT2D eigenvalue weighted by Gasteiger charge is -2.34. The van der Waals surface area contributed by atoms with Crippen molar-refractivity contribution in [3.05, 3.63) is 23.8 Å². The van der Waals surface area contributed by atoms with Crippen molar-refractivity contribution in [1.29, 1.82) is 0 Å². The lowest BCUT2D eigenvalue weighted by Crippen LogP contribution is -2.42. The second kappa shape index (κ2) is 7.13. The smallest absolute Gasteiger partial charge is 0.243 e. The molecule has 0 aromatic heterocycles. The second-order valence-electron chi connectivity index (χ2n) is 7.81. The summed E-state index contributed by atoms with van der Waals surface area (Å²) in [5, 5.41) is 0. The molecule has 0 spiro atoms. The Labute approximate surface area is 157 Å². The number of benzene rings is 1. The zero-order valence-electron chi connectivity index (χ0n) is 15.7. The Bertz CT molecular complexity index is 870. The maximum atomic E-state index is 13.1. The van der Waals surface area contributed by atoms with Crippen LogP contribution in [0.4, 0.5) is 5.69 Å². The standard InChI is InChI=1S/C18H28N2O4S2/c1-14-10-15(2)13-19(12-14)26(23,24)18-7-6-17(11-16(18)3)20-8-4-5-9-25(20,21)22/h6-7,11,14-15H,4-5,8-10,12-13H2,1-3H3/t14-,15+. The third-order valence-electron chi connectivity index (χ3n) is 5.25. The molecular formula is C18H28N2O4S2. The van der Waals surface area contributed by atoms with E-state index in [1.54, 1.807) is 29.4 Å². The lowest BCUT2D eigenvalue weighted by molar-refractivity contribution is 0.222. The van der Waals surface area contributed by atoms with E-state index in [2.05, 4.69) is 13.8 Å². The third kappa shape index (κ3) is 3.77. The summed E-state index contributed by atoms with van der Waals surface area (Å²) in [4.78, 5) is 0.275. The fourth-order valence-corrected chi connectivity index (χ4v) is 7.61. The highest BCUT2D eigenvalue weighted by atomic mass is 32.2. The average molecular weight is 401 g/mol. The summed E-state index contributed by atoms with van der Waals surface area (Å²) in [6.45, 7) is 7.42. The molecular weight excluding hydrogens is 372 g/mol. The molecule has 0 N–H and O–H groups in total. The zero-order chi connectivity index (χ0) is 19.1. The van der Waals surface area contributed by atoms with Crippen LogP contribution in [0.1, 0.15) is 38.7 Å². The van der Waals surface area contributed by atoms with Gasteiger partial charge in [0.25, 0.3) is 0 Å². The molecule has 0 amide bonds. The first-order valence-corrected chi connectivity index (χ1v) is 12.3. The highest BCUT2D eigenvalue weighted by Crippen LogP contribution is 2.31. The quantitative estimate of drug-likeness (QED) is 0.782. The Hall–Kier alpha value is -1.12. The average Bonchev–Trinajstić information content (AvgIpc) is 2.53. The van der Waals surface area contributed by atoms with Gasteiger partial charge in [-0.25, -0.2) is 16.8 Å². The Morgan fingerprint density at radius 3 is 2.31 bits per heavy atom. The Kier molecular flexibility index (Phi) is 5.38. The molecule has 2 aliphatic rings. The molecule has 1 aromatic rings.